The van der Waals surface area contributed by atoms with Gasteiger partial charge in [0, 0.05) is 36.2 Å². The monoisotopic (exact) mass is 814 g/mol. The van der Waals surface area contributed by atoms with Crippen LogP contribution < -0.4 is 10.0 Å². The Bertz CT molecular complexity index is 2380. The maximum atomic E-state index is 13.7. The maximum absolute atomic E-state index is 13.7. The molecule has 58 heavy (non-hydrogen) atoms. The molecule has 1 aromatic heterocycles. The second kappa shape index (κ2) is 19.0. The van der Waals surface area contributed by atoms with Gasteiger partial charge in [0.15, 0.2) is 11.4 Å². The summed E-state index contributed by atoms with van der Waals surface area (Å²) in [5, 5.41) is 13.3. The van der Waals surface area contributed by atoms with Crippen molar-refractivity contribution in [1.29, 1.82) is 0 Å². The highest BCUT2D eigenvalue weighted by atomic mass is 32.2. The molecular formula is C46H46N4O6S2. The number of nitrogens with zero attached hydrogens (tertiary/aromatic N) is 2. The van der Waals surface area contributed by atoms with Gasteiger partial charge in [-0.2, -0.15) is 4.72 Å². The first-order chi connectivity index (χ1) is 28.1. The van der Waals surface area contributed by atoms with Crippen molar-refractivity contribution in [3.63, 3.8) is 0 Å². The smallest absolute Gasteiger partial charge is 0.241 e. The number of thioether (sulfide) groups is 1. The minimum absolute atomic E-state index is 0.00715. The second-order valence-electron chi connectivity index (χ2n) is 14.4. The van der Waals surface area contributed by atoms with Gasteiger partial charge in [0.1, 0.15) is 6.04 Å². The van der Waals surface area contributed by atoms with Crippen LogP contribution in [0.1, 0.15) is 52.7 Å². The first-order valence-corrected chi connectivity index (χ1v) is 21.6. The summed E-state index contributed by atoms with van der Waals surface area (Å²) in [5.74, 6) is 0.205. The summed E-state index contributed by atoms with van der Waals surface area (Å²) >= 11 is 1.54. The summed E-state index contributed by atoms with van der Waals surface area (Å²) < 4.78 is 42.8. The lowest BCUT2D eigenvalue weighted by atomic mass is 9.91. The van der Waals surface area contributed by atoms with E-state index in [4.69, 9.17) is 9.47 Å². The van der Waals surface area contributed by atoms with Gasteiger partial charge in [-0.3, -0.25) is 4.79 Å². The van der Waals surface area contributed by atoms with Crippen molar-refractivity contribution in [2.45, 2.75) is 68.0 Å². The van der Waals surface area contributed by atoms with Gasteiger partial charge >= 0.3 is 0 Å². The topological polar surface area (TPSA) is 140 Å². The van der Waals surface area contributed by atoms with E-state index in [-0.39, 0.29) is 42.6 Å². The highest BCUT2D eigenvalue weighted by molar-refractivity contribution is 7.99. The van der Waals surface area contributed by atoms with Crippen LogP contribution in [0.2, 0.25) is 0 Å². The van der Waals surface area contributed by atoms with Crippen molar-refractivity contribution >= 4 is 27.7 Å². The number of hydrogen-bond donors (Lipinski definition) is 3. The molecule has 5 atom stereocenters. The van der Waals surface area contributed by atoms with E-state index < -0.39 is 28.3 Å². The molecule has 5 aromatic carbocycles. The highest BCUT2D eigenvalue weighted by Gasteiger charge is 2.38. The number of carbonyl (C=O) groups is 1. The Labute approximate surface area is 344 Å². The fraction of sp³-hybridized carbons (Fsp3) is 0.239. The minimum Gasteiger partial charge on any atom is -0.392 e. The molecule has 0 aliphatic carbocycles. The number of sulfonamides is 1. The number of aryl methyl sites for hydroxylation is 1. The Morgan fingerprint density at radius 1 is 0.776 bits per heavy atom. The fourth-order valence-electron chi connectivity index (χ4n) is 6.87. The zero-order valence-corrected chi connectivity index (χ0v) is 33.9. The number of ether oxygens (including phenoxy) is 2. The quantitative estimate of drug-likeness (QED) is 0.0702. The van der Waals surface area contributed by atoms with Crippen LogP contribution in [-0.4, -0.2) is 47.3 Å². The summed E-state index contributed by atoms with van der Waals surface area (Å²) in [6.45, 7) is 4.17. The largest absolute Gasteiger partial charge is 0.392 e. The van der Waals surface area contributed by atoms with E-state index in [1.54, 1.807) is 42.4 Å². The van der Waals surface area contributed by atoms with E-state index in [1.807, 2.05) is 104 Å². The van der Waals surface area contributed by atoms with Crippen LogP contribution in [0.4, 0.5) is 0 Å². The summed E-state index contributed by atoms with van der Waals surface area (Å²) in [6.07, 6.45) is 2.53. The molecule has 0 saturated carbocycles. The molecule has 1 fully saturated rings. The summed E-state index contributed by atoms with van der Waals surface area (Å²) in [7, 11) is -3.97. The molecule has 298 valence electrons. The highest BCUT2D eigenvalue weighted by Crippen LogP contribution is 2.43. The number of benzene rings is 5. The van der Waals surface area contributed by atoms with Crippen molar-refractivity contribution in [2.75, 3.05) is 5.75 Å². The first kappa shape index (κ1) is 41.0. The third kappa shape index (κ3) is 10.4. The lowest BCUT2D eigenvalue weighted by molar-refractivity contribution is -0.268. The second-order valence-corrected chi connectivity index (χ2v) is 17.1. The van der Waals surface area contributed by atoms with Crippen molar-refractivity contribution in [3.05, 3.63) is 179 Å². The molecule has 6 aromatic rings. The van der Waals surface area contributed by atoms with Gasteiger partial charge in [0.2, 0.25) is 15.9 Å². The lowest BCUT2D eigenvalue weighted by Crippen LogP contribution is -2.47. The van der Waals surface area contributed by atoms with Crippen LogP contribution in [0.15, 0.2) is 156 Å². The van der Waals surface area contributed by atoms with Crippen LogP contribution in [0.25, 0.3) is 11.1 Å². The van der Waals surface area contributed by atoms with Crippen LogP contribution >= 0.6 is 11.8 Å². The predicted molar refractivity (Wildman–Crippen MR) is 225 cm³/mol. The summed E-state index contributed by atoms with van der Waals surface area (Å²) in [4.78, 5) is 22.6. The van der Waals surface area contributed by atoms with E-state index in [0.29, 0.717) is 10.9 Å². The summed E-state index contributed by atoms with van der Waals surface area (Å²) in [5.41, 5.74) is 7.18. The van der Waals surface area contributed by atoms with E-state index in [9.17, 15) is 18.3 Å². The average molecular weight is 815 g/mol. The SMILES string of the molecule is Cc1ccc(S(=O)(=O)N[C@H](Cc2ccccc2)C(=O)NCc2cccc(-c3cccc([C@@H]4O[C@H](CSc5ncccn5)[C@H](C)[C@H](c5ccc(CO)cc5)O4)c3)c2)cc1. The van der Waals surface area contributed by atoms with Crippen LogP contribution in [-0.2, 0) is 43.9 Å². The summed E-state index contributed by atoms with van der Waals surface area (Å²) in [6, 6.07) is 40.4. The van der Waals surface area contributed by atoms with Crippen molar-refractivity contribution in [3.8, 4) is 11.1 Å². The first-order valence-electron chi connectivity index (χ1n) is 19.2. The van der Waals surface area contributed by atoms with Crippen molar-refractivity contribution in [1.82, 2.24) is 20.0 Å². The van der Waals surface area contributed by atoms with Crippen LogP contribution in [0.5, 0.6) is 0 Å². The van der Waals surface area contributed by atoms with Crippen LogP contribution in [0.3, 0.4) is 0 Å². The number of nitrogens with one attached hydrogen (secondary N) is 2. The van der Waals surface area contributed by atoms with Gasteiger partial charge in [0.25, 0.3) is 0 Å². The van der Waals surface area contributed by atoms with Crippen molar-refractivity contribution < 1.29 is 27.8 Å². The van der Waals surface area contributed by atoms with Gasteiger partial charge in [-0.1, -0.05) is 127 Å². The molecule has 10 nitrogen and oxygen atoms in total. The zero-order valence-electron chi connectivity index (χ0n) is 32.3. The van der Waals surface area contributed by atoms with E-state index in [0.717, 1.165) is 44.5 Å². The number of rotatable bonds is 15. The number of aliphatic hydroxyl groups is 1. The molecule has 0 radical (unpaired) electrons. The molecule has 7 rings (SSSR count). The zero-order chi connectivity index (χ0) is 40.5. The third-order valence-corrected chi connectivity index (χ3v) is 12.6. The van der Waals surface area contributed by atoms with Crippen molar-refractivity contribution in [2.24, 2.45) is 5.92 Å². The molecule has 1 aliphatic rings. The fourth-order valence-corrected chi connectivity index (χ4v) is 9.04. The molecule has 1 saturated heterocycles. The molecule has 3 N–H and O–H groups in total. The lowest BCUT2D eigenvalue weighted by Gasteiger charge is -2.41. The molecule has 1 aliphatic heterocycles. The molecule has 0 spiro atoms. The number of carbonyl (C=O) groups excluding carboxylic acids is 1. The molecule has 0 bridgehead atoms. The Morgan fingerprint density at radius 3 is 2.19 bits per heavy atom. The normalized spacial score (nSPS) is 18.7. The number of hydrogen-bond acceptors (Lipinski definition) is 9. The molecule has 12 heteroatoms. The van der Waals surface area contributed by atoms with Gasteiger partial charge in [-0.15, -0.1) is 0 Å². The molecule has 0 unspecified atom stereocenters. The number of aromatic nitrogens is 2. The number of amides is 1. The minimum atomic E-state index is -3.97. The van der Waals surface area contributed by atoms with E-state index >= 15 is 0 Å². The Kier molecular flexibility index (Phi) is 13.4. The Balaban J connectivity index is 1.08. The average Bonchev–Trinajstić information content (AvgIpc) is 3.26. The Morgan fingerprint density at radius 2 is 1.47 bits per heavy atom. The molecular weight excluding hydrogens is 769 g/mol. The van der Waals surface area contributed by atoms with E-state index in [2.05, 4.69) is 33.0 Å². The third-order valence-electron chi connectivity index (χ3n) is 10.2. The van der Waals surface area contributed by atoms with Gasteiger partial charge in [0.05, 0.1) is 23.7 Å². The van der Waals surface area contributed by atoms with Gasteiger partial charge in [-0.25, -0.2) is 18.4 Å². The standard InChI is InChI=1S/C46H46N4O6S2/c1-31-15-21-40(22-16-31)58(53,54)50-41(26-33-9-4-3-5-10-33)44(52)49-28-35-11-6-12-37(25-35)38-13-7-14-39(27-38)45-55-42(30-57-46-47-23-8-24-48-46)32(2)43(56-45)36-19-17-34(29-51)18-20-36/h3-25,27,32,41-43,45,50-51H,26,28-30H2,1-2H3,(H,49,52)/t32-,41+,42+,43+,45+/m0/s1. The van der Waals surface area contributed by atoms with E-state index in [1.165, 1.54) is 12.1 Å². The van der Waals surface area contributed by atoms with Gasteiger partial charge < -0.3 is 19.9 Å². The predicted octanol–water partition coefficient (Wildman–Crippen LogP) is 7.73. The molecule has 1 amide bonds. The molecule has 2 heterocycles. The number of aliphatic hydroxyl groups excluding tert-OH is 1. The van der Waals surface area contributed by atoms with Crippen LogP contribution in [0, 0.1) is 12.8 Å². The Hall–Kier alpha value is -5.21. The van der Waals surface area contributed by atoms with Gasteiger partial charge in [-0.05, 0) is 77.1 Å². The maximum Gasteiger partial charge on any atom is 0.241 e.